The highest BCUT2D eigenvalue weighted by atomic mass is 35.5. The molecule has 0 spiro atoms. The highest BCUT2D eigenvalue weighted by Gasteiger charge is 2.48. The van der Waals surface area contributed by atoms with Crippen LogP contribution in [0.25, 0.3) is 0 Å². The molecule has 1 saturated carbocycles. The van der Waals surface area contributed by atoms with Crippen molar-refractivity contribution in [2.75, 3.05) is 13.1 Å². The van der Waals surface area contributed by atoms with Crippen molar-refractivity contribution in [2.24, 2.45) is 0 Å². The molecule has 1 amide bonds. The van der Waals surface area contributed by atoms with E-state index in [4.69, 9.17) is 11.6 Å². The molecule has 144 valence electrons. The second kappa shape index (κ2) is 7.22. The topological polar surface area (TPSA) is 54.5 Å². The molecule has 1 unspecified atom stereocenters. The highest BCUT2D eigenvalue weighted by molar-refractivity contribution is 7.92. The quantitative estimate of drug-likeness (QED) is 0.737. The van der Waals surface area contributed by atoms with Crippen LogP contribution < -0.4 is 0 Å². The Morgan fingerprint density at radius 1 is 1.15 bits per heavy atom. The molecule has 1 atom stereocenters. The minimum absolute atomic E-state index is 0.108. The van der Waals surface area contributed by atoms with Crippen LogP contribution in [0, 0.1) is 0 Å². The molecule has 7 heteroatoms. The zero-order valence-corrected chi connectivity index (χ0v) is 17.3. The van der Waals surface area contributed by atoms with Gasteiger partial charge in [-0.1, -0.05) is 30.5 Å². The van der Waals surface area contributed by atoms with E-state index >= 15 is 0 Å². The van der Waals surface area contributed by atoms with Crippen LogP contribution in [0.5, 0.6) is 0 Å². The lowest BCUT2D eigenvalue weighted by Gasteiger charge is -2.31. The number of nitrogens with zero attached hydrogens (tertiary/aromatic N) is 1. The van der Waals surface area contributed by atoms with Crippen molar-refractivity contribution in [3.8, 4) is 0 Å². The Bertz CT molecular complexity index is 917. The van der Waals surface area contributed by atoms with Gasteiger partial charge in [0.25, 0.3) is 0 Å². The van der Waals surface area contributed by atoms with Gasteiger partial charge in [0.15, 0.2) is 9.84 Å². The second-order valence-electron chi connectivity index (χ2n) is 7.43. The van der Waals surface area contributed by atoms with Crippen LogP contribution in [0.15, 0.2) is 46.7 Å². The molecule has 2 aromatic rings. The summed E-state index contributed by atoms with van der Waals surface area (Å²) >= 11 is 7.51. The average Bonchev–Trinajstić information content (AvgIpc) is 3.43. The van der Waals surface area contributed by atoms with Crippen LogP contribution >= 0.6 is 22.9 Å². The van der Waals surface area contributed by atoms with Crippen LogP contribution in [0.1, 0.15) is 37.0 Å². The smallest absolute Gasteiger partial charge is 0.234 e. The molecule has 1 saturated heterocycles. The number of carbonyl (C=O) groups excluding carboxylic acids is 1. The zero-order chi connectivity index (χ0) is 19.1. The number of halogens is 1. The summed E-state index contributed by atoms with van der Waals surface area (Å²) in [6.07, 6.45) is 4.29. The highest BCUT2D eigenvalue weighted by Crippen LogP contribution is 2.45. The summed E-state index contributed by atoms with van der Waals surface area (Å²) in [6, 6.07) is 10.3. The number of hydrogen-bond acceptors (Lipinski definition) is 4. The molecular weight excluding hydrogens is 402 g/mol. The standard InChI is InChI=1S/C20H22ClNO3S2/c21-15-5-7-16(8-6-15)27(24,25)17-9-12-22(14-17)19(23)20(10-1-2-11-20)18-4-3-13-26-18/h3-8,13,17H,1-2,9-12,14H2. The molecule has 2 aliphatic rings. The summed E-state index contributed by atoms with van der Waals surface area (Å²) in [6.45, 7) is 0.778. The van der Waals surface area contributed by atoms with E-state index in [-0.39, 0.29) is 17.3 Å². The zero-order valence-electron chi connectivity index (χ0n) is 14.9. The van der Waals surface area contributed by atoms with Gasteiger partial charge >= 0.3 is 0 Å². The average molecular weight is 424 g/mol. The fourth-order valence-corrected chi connectivity index (χ4v) is 7.18. The molecule has 1 aliphatic carbocycles. The van der Waals surface area contributed by atoms with E-state index in [9.17, 15) is 13.2 Å². The van der Waals surface area contributed by atoms with Crippen molar-refractivity contribution >= 4 is 38.7 Å². The Hall–Kier alpha value is -1.37. The van der Waals surface area contributed by atoms with Crippen LogP contribution in [0.4, 0.5) is 0 Å². The summed E-state index contributed by atoms with van der Waals surface area (Å²) in [5.41, 5.74) is -0.451. The van der Waals surface area contributed by atoms with Gasteiger partial charge in [0.1, 0.15) is 0 Å². The molecule has 2 fully saturated rings. The van der Waals surface area contributed by atoms with Crippen molar-refractivity contribution in [1.82, 2.24) is 4.90 Å². The summed E-state index contributed by atoms with van der Waals surface area (Å²) in [4.78, 5) is 16.6. The minimum atomic E-state index is -3.47. The first-order valence-corrected chi connectivity index (χ1v) is 12.1. The normalized spacial score (nSPS) is 22.3. The third-order valence-electron chi connectivity index (χ3n) is 5.87. The first-order chi connectivity index (χ1) is 12.9. The van der Waals surface area contributed by atoms with E-state index in [0.717, 1.165) is 30.6 Å². The number of rotatable bonds is 4. The molecule has 1 aliphatic heterocycles. The molecule has 4 rings (SSSR count). The predicted molar refractivity (Wildman–Crippen MR) is 108 cm³/mol. The van der Waals surface area contributed by atoms with E-state index in [1.54, 1.807) is 40.5 Å². The van der Waals surface area contributed by atoms with Gasteiger partial charge in [-0.05, 0) is 55.0 Å². The van der Waals surface area contributed by atoms with Crippen molar-refractivity contribution in [2.45, 2.75) is 47.7 Å². The molecule has 1 aromatic heterocycles. The SMILES string of the molecule is O=C(N1CCC(S(=O)(=O)c2ccc(Cl)cc2)C1)C1(c2cccs2)CCCC1. The molecule has 0 N–H and O–H groups in total. The monoisotopic (exact) mass is 423 g/mol. The van der Waals surface area contributed by atoms with Crippen LogP contribution in [0.2, 0.25) is 5.02 Å². The number of sulfone groups is 1. The first kappa shape index (κ1) is 19.0. The Kier molecular flexibility index (Phi) is 5.08. The van der Waals surface area contributed by atoms with Crippen LogP contribution in [-0.2, 0) is 20.0 Å². The van der Waals surface area contributed by atoms with Crippen molar-refractivity contribution in [3.63, 3.8) is 0 Å². The fraction of sp³-hybridized carbons (Fsp3) is 0.450. The Morgan fingerprint density at radius 3 is 2.48 bits per heavy atom. The largest absolute Gasteiger partial charge is 0.341 e. The van der Waals surface area contributed by atoms with Gasteiger partial charge in [-0.3, -0.25) is 4.79 Å². The third kappa shape index (κ3) is 3.32. The molecule has 4 nitrogen and oxygen atoms in total. The maximum absolute atomic E-state index is 13.4. The second-order valence-corrected chi connectivity index (χ2v) is 11.0. The van der Waals surface area contributed by atoms with E-state index < -0.39 is 20.5 Å². The van der Waals surface area contributed by atoms with Crippen molar-refractivity contribution in [3.05, 3.63) is 51.7 Å². The summed E-state index contributed by atoms with van der Waals surface area (Å²) in [5.74, 6) is 0.108. The van der Waals surface area contributed by atoms with E-state index in [1.165, 1.54) is 0 Å². The third-order valence-corrected chi connectivity index (χ3v) is 9.39. The van der Waals surface area contributed by atoms with Gasteiger partial charge in [-0.2, -0.15) is 0 Å². The number of benzene rings is 1. The number of likely N-dealkylation sites (tertiary alicyclic amines) is 1. The lowest BCUT2D eigenvalue weighted by atomic mass is 9.83. The molecular formula is C20H22ClNO3S2. The molecule has 2 heterocycles. The lowest BCUT2D eigenvalue weighted by Crippen LogP contribution is -2.44. The Morgan fingerprint density at radius 2 is 1.85 bits per heavy atom. The first-order valence-electron chi connectivity index (χ1n) is 9.26. The maximum Gasteiger partial charge on any atom is 0.234 e. The molecule has 27 heavy (non-hydrogen) atoms. The van der Waals surface area contributed by atoms with Gasteiger partial charge in [-0.15, -0.1) is 11.3 Å². The number of hydrogen-bond donors (Lipinski definition) is 0. The van der Waals surface area contributed by atoms with Gasteiger partial charge in [0, 0.05) is 23.0 Å². The van der Waals surface area contributed by atoms with E-state index in [0.29, 0.717) is 18.0 Å². The van der Waals surface area contributed by atoms with Gasteiger partial charge in [-0.25, -0.2) is 8.42 Å². The Balaban J connectivity index is 1.55. The van der Waals surface area contributed by atoms with Crippen molar-refractivity contribution < 1.29 is 13.2 Å². The van der Waals surface area contributed by atoms with Gasteiger partial charge in [0.05, 0.1) is 15.6 Å². The van der Waals surface area contributed by atoms with E-state index in [1.807, 2.05) is 17.5 Å². The van der Waals surface area contributed by atoms with Gasteiger partial charge in [0.2, 0.25) is 5.91 Å². The summed E-state index contributed by atoms with van der Waals surface area (Å²) in [5, 5.41) is 1.97. The number of thiophene rings is 1. The van der Waals surface area contributed by atoms with Gasteiger partial charge < -0.3 is 4.90 Å². The maximum atomic E-state index is 13.4. The lowest BCUT2D eigenvalue weighted by molar-refractivity contribution is -0.136. The number of carbonyl (C=O) groups is 1. The molecule has 0 bridgehead atoms. The van der Waals surface area contributed by atoms with Crippen LogP contribution in [-0.4, -0.2) is 37.6 Å². The summed E-state index contributed by atoms with van der Waals surface area (Å²) in [7, 11) is -3.47. The van der Waals surface area contributed by atoms with Crippen molar-refractivity contribution in [1.29, 1.82) is 0 Å². The van der Waals surface area contributed by atoms with E-state index in [2.05, 4.69) is 0 Å². The predicted octanol–water partition coefficient (Wildman–Crippen LogP) is 4.29. The molecule has 0 radical (unpaired) electrons. The van der Waals surface area contributed by atoms with Crippen LogP contribution in [0.3, 0.4) is 0 Å². The number of amides is 1. The fourth-order valence-electron chi connectivity index (χ4n) is 4.38. The minimum Gasteiger partial charge on any atom is -0.341 e. The Labute approximate surface area is 169 Å². The summed E-state index contributed by atoms with van der Waals surface area (Å²) < 4.78 is 25.9. The molecule has 1 aromatic carbocycles.